The van der Waals surface area contributed by atoms with Crippen molar-refractivity contribution in [2.45, 2.75) is 6.54 Å². The number of hydrogen-bond acceptors (Lipinski definition) is 3. The Morgan fingerprint density at radius 1 is 1.29 bits per heavy atom. The highest BCUT2D eigenvalue weighted by Crippen LogP contribution is 2.20. The summed E-state index contributed by atoms with van der Waals surface area (Å²) in [5.41, 5.74) is 1.69. The summed E-state index contributed by atoms with van der Waals surface area (Å²) in [5.74, 6) is 0.255. The number of halogens is 1. The first-order valence-electron chi connectivity index (χ1n) is 6.49. The third kappa shape index (κ3) is 3.83. The summed E-state index contributed by atoms with van der Waals surface area (Å²) in [5, 5.41) is 12.0. The van der Waals surface area contributed by atoms with Gasteiger partial charge in [0.15, 0.2) is 0 Å². The van der Waals surface area contributed by atoms with Crippen LogP contribution in [-0.4, -0.2) is 6.61 Å². The average molecular weight is 282 g/mol. The molecule has 0 fully saturated rings. The number of para-hydroxylation sites is 1. The molecule has 4 heteroatoms. The van der Waals surface area contributed by atoms with Crippen LogP contribution in [0, 0.1) is 17.1 Å². The fraction of sp³-hybridized carbons (Fsp3) is 0.118. The summed E-state index contributed by atoms with van der Waals surface area (Å²) in [7, 11) is 0. The molecule has 1 N–H and O–H groups in total. The van der Waals surface area contributed by atoms with Crippen molar-refractivity contribution in [1.82, 2.24) is 0 Å². The Labute approximate surface area is 123 Å². The van der Waals surface area contributed by atoms with Gasteiger partial charge in [-0.3, -0.25) is 0 Å². The van der Waals surface area contributed by atoms with Crippen LogP contribution in [-0.2, 0) is 6.54 Å². The Morgan fingerprint density at radius 3 is 2.86 bits per heavy atom. The molecular formula is C17H15FN2O. The highest BCUT2D eigenvalue weighted by Gasteiger charge is 2.05. The molecule has 0 aliphatic heterocycles. The number of ether oxygens (including phenoxy) is 1. The summed E-state index contributed by atoms with van der Waals surface area (Å²) >= 11 is 0. The van der Waals surface area contributed by atoms with Crippen LogP contribution in [0.25, 0.3) is 0 Å². The first-order chi connectivity index (χ1) is 10.2. The van der Waals surface area contributed by atoms with Crippen molar-refractivity contribution in [2.24, 2.45) is 0 Å². The van der Waals surface area contributed by atoms with E-state index in [1.54, 1.807) is 12.1 Å². The molecule has 2 aromatic rings. The van der Waals surface area contributed by atoms with Crippen molar-refractivity contribution in [2.75, 3.05) is 11.9 Å². The lowest BCUT2D eigenvalue weighted by Gasteiger charge is -2.12. The van der Waals surface area contributed by atoms with E-state index < -0.39 is 5.82 Å². The number of nitriles is 1. The van der Waals surface area contributed by atoms with Gasteiger partial charge in [0.2, 0.25) is 0 Å². The Hall–Kier alpha value is -2.80. The minimum atomic E-state index is -0.516. The largest absolute Gasteiger partial charge is 0.489 e. The van der Waals surface area contributed by atoms with E-state index in [1.165, 1.54) is 12.1 Å². The lowest BCUT2D eigenvalue weighted by molar-refractivity contribution is 0.359. The Kier molecular flexibility index (Phi) is 4.94. The van der Waals surface area contributed by atoms with E-state index in [0.717, 1.165) is 11.3 Å². The highest BCUT2D eigenvalue weighted by molar-refractivity contribution is 5.50. The summed E-state index contributed by atoms with van der Waals surface area (Å²) in [6.45, 7) is 4.57. The van der Waals surface area contributed by atoms with Gasteiger partial charge in [0.25, 0.3) is 0 Å². The molecule has 0 heterocycles. The maximum Gasteiger partial charge on any atom is 0.141 e. The van der Waals surface area contributed by atoms with E-state index in [9.17, 15) is 4.39 Å². The third-order valence-electron chi connectivity index (χ3n) is 2.90. The number of nitrogens with one attached hydrogen (secondary N) is 1. The predicted molar refractivity (Wildman–Crippen MR) is 80.6 cm³/mol. The zero-order valence-electron chi connectivity index (χ0n) is 11.5. The minimum absolute atomic E-state index is 0.0243. The predicted octanol–water partition coefficient (Wildman–Crippen LogP) is 3.87. The van der Waals surface area contributed by atoms with Crippen molar-refractivity contribution >= 4 is 5.69 Å². The number of nitrogens with zero attached hydrogens (tertiary/aromatic N) is 1. The molecular weight excluding hydrogens is 267 g/mol. The second kappa shape index (κ2) is 7.11. The molecule has 2 aromatic carbocycles. The SMILES string of the molecule is C=CCOc1ccccc1CNc1ccc(F)c(C#N)c1. The van der Waals surface area contributed by atoms with Crippen LogP contribution in [0.3, 0.4) is 0 Å². The Morgan fingerprint density at radius 2 is 2.10 bits per heavy atom. The lowest BCUT2D eigenvalue weighted by atomic mass is 10.1. The van der Waals surface area contributed by atoms with Crippen LogP contribution >= 0.6 is 0 Å². The summed E-state index contributed by atoms with van der Waals surface area (Å²) in [6, 6.07) is 13.8. The first-order valence-corrected chi connectivity index (χ1v) is 6.49. The minimum Gasteiger partial charge on any atom is -0.489 e. The first kappa shape index (κ1) is 14.6. The summed E-state index contributed by atoms with van der Waals surface area (Å²) in [4.78, 5) is 0. The number of hydrogen-bond donors (Lipinski definition) is 1. The maximum absolute atomic E-state index is 13.3. The van der Waals surface area contributed by atoms with Gasteiger partial charge in [-0.25, -0.2) is 4.39 Å². The fourth-order valence-corrected chi connectivity index (χ4v) is 1.86. The molecule has 0 aliphatic carbocycles. The number of anilines is 1. The molecule has 0 unspecified atom stereocenters. The van der Waals surface area contributed by atoms with Crippen molar-refractivity contribution in [1.29, 1.82) is 5.26 Å². The van der Waals surface area contributed by atoms with E-state index in [0.29, 0.717) is 18.8 Å². The highest BCUT2D eigenvalue weighted by atomic mass is 19.1. The molecule has 0 aromatic heterocycles. The van der Waals surface area contributed by atoms with Gasteiger partial charge in [-0.05, 0) is 24.3 Å². The van der Waals surface area contributed by atoms with E-state index in [1.807, 2.05) is 30.3 Å². The molecule has 0 aliphatic rings. The van der Waals surface area contributed by atoms with E-state index in [4.69, 9.17) is 10.00 Å². The molecule has 0 amide bonds. The molecule has 3 nitrogen and oxygen atoms in total. The van der Waals surface area contributed by atoms with Gasteiger partial charge in [0.1, 0.15) is 24.2 Å². The average Bonchev–Trinajstić information content (AvgIpc) is 2.53. The summed E-state index contributed by atoms with van der Waals surface area (Å²) in [6.07, 6.45) is 1.68. The molecule has 0 radical (unpaired) electrons. The molecule has 0 saturated heterocycles. The van der Waals surface area contributed by atoms with Crippen LogP contribution in [0.1, 0.15) is 11.1 Å². The van der Waals surface area contributed by atoms with Gasteiger partial charge in [0, 0.05) is 17.8 Å². The van der Waals surface area contributed by atoms with Crippen LogP contribution in [0.5, 0.6) is 5.75 Å². The molecule has 21 heavy (non-hydrogen) atoms. The molecule has 106 valence electrons. The van der Waals surface area contributed by atoms with Crippen molar-refractivity contribution in [3.8, 4) is 11.8 Å². The standard InChI is InChI=1S/C17H15FN2O/c1-2-9-21-17-6-4-3-5-13(17)12-20-15-7-8-16(18)14(10-15)11-19/h2-8,10,20H,1,9,12H2. The number of benzene rings is 2. The maximum atomic E-state index is 13.3. The zero-order chi connectivity index (χ0) is 15.1. The molecule has 0 spiro atoms. The van der Waals surface area contributed by atoms with Crippen molar-refractivity contribution < 1.29 is 9.13 Å². The molecule has 2 rings (SSSR count). The van der Waals surface area contributed by atoms with Crippen LogP contribution in [0.15, 0.2) is 55.1 Å². The van der Waals surface area contributed by atoms with Gasteiger partial charge in [-0.2, -0.15) is 5.26 Å². The molecule has 0 atom stereocenters. The Bertz CT molecular complexity index is 677. The van der Waals surface area contributed by atoms with E-state index in [-0.39, 0.29) is 5.56 Å². The molecule has 0 bridgehead atoms. The quantitative estimate of drug-likeness (QED) is 0.818. The molecule has 0 saturated carbocycles. The second-order valence-electron chi connectivity index (χ2n) is 4.37. The monoisotopic (exact) mass is 282 g/mol. The van der Waals surface area contributed by atoms with Crippen LogP contribution in [0.2, 0.25) is 0 Å². The van der Waals surface area contributed by atoms with Crippen molar-refractivity contribution in [3.05, 3.63) is 72.1 Å². The van der Waals surface area contributed by atoms with Gasteiger partial charge < -0.3 is 10.1 Å². The smallest absolute Gasteiger partial charge is 0.141 e. The van der Waals surface area contributed by atoms with Gasteiger partial charge in [-0.15, -0.1) is 0 Å². The van der Waals surface area contributed by atoms with Gasteiger partial charge in [0.05, 0.1) is 5.56 Å². The van der Waals surface area contributed by atoms with E-state index in [2.05, 4.69) is 11.9 Å². The fourth-order valence-electron chi connectivity index (χ4n) is 1.86. The van der Waals surface area contributed by atoms with Crippen LogP contribution < -0.4 is 10.1 Å². The van der Waals surface area contributed by atoms with Crippen molar-refractivity contribution in [3.63, 3.8) is 0 Å². The lowest BCUT2D eigenvalue weighted by Crippen LogP contribution is -2.03. The zero-order valence-corrected chi connectivity index (χ0v) is 11.5. The summed E-state index contributed by atoms with van der Waals surface area (Å²) < 4.78 is 18.8. The normalized spacial score (nSPS) is 9.71. The van der Waals surface area contributed by atoms with Gasteiger partial charge >= 0.3 is 0 Å². The topological polar surface area (TPSA) is 45.0 Å². The third-order valence-corrected chi connectivity index (χ3v) is 2.90. The van der Waals surface area contributed by atoms with Crippen LogP contribution in [0.4, 0.5) is 10.1 Å². The number of rotatable bonds is 6. The second-order valence-corrected chi connectivity index (χ2v) is 4.37. The van der Waals surface area contributed by atoms with Gasteiger partial charge in [-0.1, -0.05) is 30.9 Å². The van der Waals surface area contributed by atoms with E-state index >= 15 is 0 Å². The Balaban J connectivity index is 2.09.